The third kappa shape index (κ3) is 6.41. The molecule has 15 rings (SSSR count). The van der Waals surface area contributed by atoms with Crippen molar-refractivity contribution in [3.8, 4) is 11.4 Å². The predicted octanol–water partition coefficient (Wildman–Crippen LogP) is 17.9. The van der Waals surface area contributed by atoms with Crippen molar-refractivity contribution in [3.63, 3.8) is 0 Å². The molecule has 6 nitrogen and oxygen atoms in total. The molecule has 4 heterocycles. The fraction of sp³-hybridized carbons (Fsp3) is 0. The van der Waals surface area contributed by atoms with Crippen molar-refractivity contribution >= 4 is 116 Å². The summed E-state index contributed by atoms with van der Waals surface area (Å²) in [7, 11) is 0. The number of imidazole rings is 1. The number of pyridine rings is 1. The van der Waals surface area contributed by atoms with Gasteiger partial charge in [0.2, 0.25) is 0 Å². The Labute approximate surface area is 420 Å². The standard InChI is InChI=1S/C67H44N6/c1-5-19-45(20-6-1)69(50-35-39-63-57(41-50)54-27-13-16-30-61(54)71(63)47-23-9-3-10-24-47)49-33-37-53-56-38-34-52(44-66(56)73-65-32-18-15-29-60(65)68-67(73)59(53)43-49)70(46-21-7-2-8-22-46)51-36-40-64-58(42-51)55-28-14-17-31-62(55)72(64)48-25-11-4-12-26-48/h1-44H. The Morgan fingerprint density at radius 1 is 0.247 bits per heavy atom. The highest BCUT2D eigenvalue weighted by Gasteiger charge is 2.23. The predicted molar refractivity (Wildman–Crippen MR) is 306 cm³/mol. The molecule has 0 amide bonds. The van der Waals surface area contributed by atoms with Gasteiger partial charge in [-0.1, -0.05) is 133 Å². The van der Waals surface area contributed by atoms with Crippen LogP contribution >= 0.6 is 0 Å². The fourth-order valence-electron chi connectivity index (χ4n) is 11.6. The maximum Gasteiger partial charge on any atom is 0.146 e. The quantitative estimate of drug-likeness (QED) is 0.142. The van der Waals surface area contributed by atoms with E-state index in [4.69, 9.17) is 4.98 Å². The molecule has 0 aliphatic heterocycles. The number of anilines is 6. The fourth-order valence-corrected chi connectivity index (χ4v) is 11.6. The normalized spacial score (nSPS) is 11.8. The van der Waals surface area contributed by atoms with E-state index in [2.05, 4.69) is 290 Å². The Morgan fingerprint density at radius 3 is 1.16 bits per heavy atom. The second-order valence-corrected chi connectivity index (χ2v) is 18.8. The molecule has 4 aromatic heterocycles. The minimum atomic E-state index is 0.915. The molecule has 15 aromatic rings. The lowest BCUT2D eigenvalue weighted by Crippen LogP contribution is -2.10. The SMILES string of the molecule is c1ccc(N(c2ccc3c(c2)c2ccccc2n3-c2ccccc2)c2ccc3c4ccc(N(c5ccccc5)c5ccc6c(c5)c5ccccc5n6-c5ccccc5)cc4n4c5ccccc5nc4c3c2)cc1. The van der Waals surface area contributed by atoms with Crippen LogP contribution in [-0.4, -0.2) is 18.5 Å². The first-order valence-corrected chi connectivity index (χ1v) is 24.9. The summed E-state index contributed by atoms with van der Waals surface area (Å²) in [5.74, 6) is 0. The van der Waals surface area contributed by atoms with Gasteiger partial charge in [-0.2, -0.15) is 0 Å². The van der Waals surface area contributed by atoms with E-state index in [1.54, 1.807) is 0 Å². The van der Waals surface area contributed by atoms with Gasteiger partial charge in [0.1, 0.15) is 5.65 Å². The number of hydrogen-bond acceptors (Lipinski definition) is 3. The first-order valence-electron chi connectivity index (χ1n) is 24.9. The Balaban J connectivity index is 0.930. The van der Waals surface area contributed by atoms with Gasteiger partial charge in [-0.3, -0.25) is 4.40 Å². The Hall–Kier alpha value is -9.91. The highest BCUT2D eigenvalue weighted by atomic mass is 15.2. The van der Waals surface area contributed by atoms with Crippen LogP contribution < -0.4 is 9.80 Å². The van der Waals surface area contributed by atoms with Gasteiger partial charge in [0.05, 0.1) is 38.6 Å². The van der Waals surface area contributed by atoms with E-state index >= 15 is 0 Å². The van der Waals surface area contributed by atoms with Crippen LogP contribution in [0.4, 0.5) is 34.1 Å². The van der Waals surface area contributed by atoms with Gasteiger partial charge < -0.3 is 18.9 Å². The van der Waals surface area contributed by atoms with Gasteiger partial charge in [-0.15, -0.1) is 0 Å². The van der Waals surface area contributed by atoms with Gasteiger partial charge in [0.15, 0.2) is 0 Å². The summed E-state index contributed by atoms with van der Waals surface area (Å²) < 4.78 is 7.12. The lowest BCUT2D eigenvalue weighted by Gasteiger charge is -2.27. The molecule has 0 aliphatic rings. The molecule has 342 valence electrons. The lowest BCUT2D eigenvalue weighted by molar-refractivity contribution is 1.18. The maximum absolute atomic E-state index is 5.45. The van der Waals surface area contributed by atoms with Crippen LogP contribution in [0.25, 0.3) is 93.3 Å². The molecule has 0 fully saturated rings. The van der Waals surface area contributed by atoms with Crippen molar-refractivity contribution < 1.29 is 0 Å². The van der Waals surface area contributed by atoms with Crippen LogP contribution in [0.5, 0.6) is 0 Å². The van der Waals surface area contributed by atoms with Crippen LogP contribution in [0.3, 0.4) is 0 Å². The third-order valence-electron chi connectivity index (χ3n) is 14.7. The van der Waals surface area contributed by atoms with Crippen LogP contribution in [0.1, 0.15) is 0 Å². The van der Waals surface area contributed by atoms with E-state index in [1.165, 1.54) is 43.6 Å². The summed E-state index contributed by atoms with van der Waals surface area (Å²) in [5.41, 5.74) is 17.4. The molecule has 73 heavy (non-hydrogen) atoms. The second kappa shape index (κ2) is 16.3. The zero-order chi connectivity index (χ0) is 48.0. The van der Waals surface area contributed by atoms with Gasteiger partial charge in [-0.05, 0) is 139 Å². The van der Waals surface area contributed by atoms with Crippen molar-refractivity contribution in [2.75, 3.05) is 9.80 Å². The van der Waals surface area contributed by atoms with Crippen molar-refractivity contribution in [1.29, 1.82) is 0 Å². The summed E-state index contributed by atoms with van der Waals surface area (Å²) in [5, 5.41) is 8.21. The molecule has 0 unspecified atom stereocenters. The molecule has 0 N–H and O–H groups in total. The van der Waals surface area contributed by atoms with Gasteiger partial charge >= 0.3 is 0 Å². The molecule has 0 radical (unpaired) electrons. The molecule has 11 aromatic carbocycles. The molecule has 0 bridgehead atoms. The first kappa shape index (κ1) is 40.9. The first-order chi connectivity index (χ1) is 36.2. The van der Waals surface area contributed by atoms with Crippen molar-refractivity contribution in [1.82, 2.24) is 18.5 Å². The van der Waals surface area contributed by atoms with E-state index in [1.807, 2.05) is 0 Å². The number of para-hydroxylation sites is 8. The number of aromatic nitrogens is 4. The van der Waals surface area contributed by atoms with E-state index in [-0.39, 0.29) is 0 Å². The maximum atomic E-state index is 5.45. The number of fused-ring (bicyclic) bond motifs is 14. The largest absolute Gasteiger partial charge is 0.310 e. The molecule has 0 aliphatic carbocycles. The summed E-state index contributed by atoms with van der Waals surface area (Å²) in [4.78, 5) is 10.2. The van der Waals surface area contributed by atoms with Crippen LogP contribution in [0, 0.1) is 0 Å². The van der Waals surface area contributed by atoms with Crippen molar-refractivity contribution in [2.45, 2.75) is 0 Å². The molecular formula is C67H44N6. The Bertz CT molecular complexity index is 4610. The van der Waals surface area contributed by atoms with E-state index in [9.17, 15) is 0 Å². The smallest absolute Gasteiger partial charge is 0.146 e. The molecule has 0 spiro atoms. The van der Waals surface area contributed by atoms with Gasteiger partial charge in [-0.25, -0.2) is 4.98 Å². The number of hydrogen-bond donors (Lipinski definition) is 0. The lowest BCUT2D eigenvalue weighted by atomic mass is 10.0. The molecule has 0 saturated heterocycles. The molecule has 0 atom stereocenters. The molecular weight excluding hydrogens is 889 g/mol. The highest BCUT2D eigenvalue weighted by molar-refractivity contribution is 6.17. The average Bonchev–Trinajstić information content (AvgIpc) is 4.14. The van der Waals surface area contributed by atoms with Gasteiger partial charge in [0, 0.05) is 77.8 Å². The minimum absolute atomic E-state index is 0.915. The summed E-state index contributed by atoms with van der Waals surface area (Å²) >= 11 is 0. The van der Waals surface area contributed by atoms with Crippen LogP contribution in [0.2, 0.25) is 0 Å². The Morgan fingerprint density at radius 2 is 0.630 bits per heavy atom. The van der Waals surface area contributed by atoms with E-state index in [0.717, 1.165) is 83.9 Å². The summed E-state index contributed by atoms with van der Waals surface area (Å²) in [6.07, 6.45) is 0. The third-order valence-corrected chi connectivity index (χ3v) is 14.7. The zero-order valence-corrected chi connectivity index (χ0v) is 39.6. The minimum Gasteiger partial charge on any atom is -0.310 e. The number of rotatable bonds is 8. The number of nitrogens with zero attached hydrogens (tertiary/aromatic N) is 6. The van der Waals surface area contributed by atoms with Gasteiger partial charge in [0.25, 0.3) is 0 Å². The monoisotopic (exact) mass is 932 g/mol. The van der Waals surface area contributed by atoms with Crippen molar-refractivity contribution in [3.05, 3.63) is 267 Å². The average molecular weight is 933 g/mol. The van der Waals surface area contributed by atoms with Crippen LogP contribution in [0.15, 0.2) is 267 Å². The second-order valence-electron chi connectivity index (χ2n) is 18.8. The number of benzene rings is 11. The summed E-state index contributed by atoms with van der Waals surface area (Å²) in [6, 6.07) is 96.4. The highest BCUT2D eigenvalue weighted by Crippen LogP contribution is 2.45. The van der Waals surface area contributed by atoms with Crippen molar-refractivity contribution in [2.24, 2.45) is 0 Å². The summed E-state index contributed by atoms with van der Waals surface area (Å²) in [6.45, 7) is 0. The van der Waals surface area contributed by atoms with E-state index in [0.29, 0.717) is 0 Å². The molecule has 0 saturated carbocycles. The topological polar surface area (TPSA) is 33.6 Å². The van der Waals surface area contributed by atoms with Crippen LogP contribution in [-0.2, 0) is 0 Å². The molecule has 6 heteroatoms. The zero-order valence-electron chi connectivity index (χ0n) is 39.6. The Kier molecular flexibility index (Phi) is 9.16. The van der Waals surface area contributed by atoms with E-state index < -0.39 is 0 Å².